The lowest BCUT2D eigenvalue weighted by molar-refractivity contribution is -0.138. The first-order chi connectivity index (χ1) is 8.97. The van der Waals surface area contributed by atoms with Crippen LogP contribution >= 0.6 is 0 Å². The minimum atomic E-state index is -0.922. The number of carboxylic acids is 1. The van der Waals surface area contributed by atoms with Gasteiger partial charge in [0.2, 0.25) is 0 Å². The fourth-order valence-electron chi connectivity index (χ4n) is 0.986. The number of aliphatic carboxylic acids is 1. The lowest BCUT2D eigenvalue weighted by Crippen LogP contribution is -2.03. The Kier molecular flexibility index (Phi) is 8.45. The largest absolute Gasteiger partial charge is 0.478 e. The fourth-order valence-corrected chi connectivity index (χ4v) is 0.986. The highest BCUT2D eigenvalue weighted by Crippen LogP contribution is 1.99. The van der Waals surface area contributed by atoms with E-state index in [0.29, 0.717) is 12.2 Å². The van der Waals surface area contributed by atoms with Gasteiger partial charge in [0.05, 0.1) is 6.61 Å². The van der Waals surface area contributed by atoms with Crippen molar-refractivity contribution >= 4 is 18.0 Å². The highest BCUT2D eigenvalue weighted by molar-refractivity contribution is 5.86. The molecule has 19 heavy (non-hydrogen) atoms. The molecule has 0 amide bonds. The van der Waals surface area contributed by atoms with Gasteiger partial charge in [-0.25, -0.2) is 9.59 Å². The summed E-state index contributed by atoms with van der Waals surface area (Å²) in [5, 5.41) is 8.29. The zero-order valence-corrected chi connectivity index (χ0v) is 11.1. The summed E-state index contributed by atoms with van der Waals surface area (Å²) in [6.45, 7) is 7.21. The number of carbonyl (C=O) groups is 2. The van der Waals surface area contributed by atoms with Crippen LogP contribution in [0.3, 0.4) is 0 Å². The Balaban J connectivity index is 0.000000362. The highest BCUT2D eigenvalue weighted by Gasteiger charge is 1.98. The molecular formula is C15H18O4. The maximum atomic E-state index is 10.4. The molecule has 1 rings (SSSR count). The molecule has 4 nitrogen and oxygen atoms in total. The summed E-state index contributed by atoms with van der Waals surface area (Å²) in [6, 6.07) is 9.31. The van der Waals surface area contributed by atoms with Gasteiger partial charge in [-0.2, -0.15) is 0 Å². The van der Waals surface area contributed by atoms with Crippen LogP contribution < -0.4 is 0 Å². The SMILES string of the molecule is C=C(C)C(=O)OCC.O=C(O)/C=C/c1ccccc1. The van der Waals surface area contributed by atoms with Crippen LogP contribution in [0.15, 0.2) is 48.6 Å². The van der Waals surface area contributed by atoms with Crippen molar-refractivity contribution in [2.24, 2.45) is 0 Å². The van der Waals surface area contributed by atoms with Crippen LogP contribution in [0.4, 0.5) is 0 Å². The van der Waals surface area contributed by atoms with Crippen molar-refractivity contribution in [2.75, 3.05) is 6.61 Å². The van der Waals surface area contributed by atoms with E-state index in [-0.39, 0.29) is 5.97 Å². The first-order valence-electron chi connectivity index (χ1n) is 5.76. The molecule has 102 valence electrons. The van der Waals surface area contributed by atoms with E-state index in [4.69, 9.17) is 5.11 Å². The molecule has 0 aliphatic rings. The average molecular weight is 262 g/mol. The van der Waals surface area contributed by atoms with Gasteiger partial charge in [0.15, 0.2) is 0 Å². The molecule has 1 aromatic rings. The molecule has 0 aliphatic carbocycles. The van der Waals surface area contributed by atoms with E-state index in [1.807, 2.05) is 30.3 Å². The standard InChI is InChI=1S/C9H8O2.C6H10O2/c10-9(11)7-6-8-4-2-1-3-5-8;1-4-8-6(7)5(2)3/h1-7H,(H,10,11);2,4H2,1,3H3/b7-6+;. The summed E-state index contributed by atoms with van der Waals surface area (Å²) in [5.41, 5.74) is 1.35. The number of hydrogen-bond acceptors (Lipinski definition) is 3. The van der Waals surface area contributed by atoms with Gasteiger partial charge in [0.25, 0.3) is 0 Å². The number of benzene rings is 1. The lowest BCUT2D eigenvalue weighted by atomic mass is 10.2. The minimum Gasteiger partial charge on any atom is -0.478 e. The van der Waals surface area contributed by atoms with Gasteiger partial charge in [-0.05, 0) is 25.5 Å². The van der Waals surface area contributed by atoms with Crippen LogP contribution in [0.25, 0.3) is 6.08 Å². The van der Waals surface area contributed by atoms with Crippen molar-refractivity contribution in [3.05, 3.63) is 54.1 Å². The topological polar surface area (TPSA) is 63.6 Å². The number of esters is 1. The molecule has 0 heterocycles. The smallest absolute Gasteiger partial charge is 0.333 e. The van der Waals surface area contributed by atoms with Gasteiger partial charge in [0.1, 0.15) is 0 Å². The summed E-state index contributed by atoms with van der Waals surface area (Å²) in [6.07, 6.45) is 2.68. The average Bonchev–Trinajstić information content (AvgIpc) is 2.38. The lowest BCUT2D eigenvalue weighted by Gasteiger charge is -1.96. The predicted molar refractivity (Wildman–Crippen MR) is 74.6 cm³/mol. The van der Waals surface area contributed by atoms with Crippen molar-refractivity contribution in [3.8, 4) is 0 Å². The Morgan fingerprint density at radius 3 is 2.26 bits per heavy atom. The predicted octanol–water partition coefficient (Wildman–Crippen LogP) is 2.91. The van der Waals surface area contributed by atoms with E-state index in [2.05, 4.69) is 11.3 Å². The van der Waals surface area contributed by atoms with Crippen LogP contribution in [0.2, 0.25) is 0 Å². The third-order valence-corrected chi connectivity index (χ3v) is 1.84. The molecule has 1 N–H and O–H groups in total. The van der Waals surface area contributed by atoms with E-state index in [1.54, 1.807) is 19.9 Å². The molecule has 0 radical (unpaired) electrons. The number of rotatable bonds is 4. The molecule has 0 unspecified atom stereocenters. The fraction of sp³-hybridized carbons (Fsp3) is 0.200. The molecule has 0 aliphatic heterocycles. The van der Waals surface area contributed by atoms with Gasteiger partial charge < -0.3 is 9.84 Å². The Morgan fingerprint density at radius 2 is 1.89 bits per heavy atom. The molecule has 0 saturated carbocycles. The molecule has 0 spiro atoms. The van der Waals surface area contributed by atoms with Crippen molar-refractivity contribution < 1.29 is 19.4 Å². The number of ether oxygens (including phenoxy) is 1. The number of carbonyl (C=O) groups excluding carboxylic acids is 1. The zero-order chi connectivity index (χ0) is 14.7. The van der Waals surface area contributed by atoms with E-state index in [1.165, 1.54) is 0 Å². The van der Waals surface area contributed by atoms with E-state index in [0.717, 1.165) is 11.6 Å². The second-order valence-corrected chi connectivity index (χ2v) is 3.58. The summed E-state index contributed by atoms with van der Waals surface area (Å²) in [4.78, 5) is 20.5. The van der Waals surface area contributed by atoms with Crippen molar-refractivity contribution in [1.82, 2.24) is 0 Å². The molecule has 0 atom stereocenters. The van der Waals surface area contributed by atoms with Gasteiger partial charge in [-0.1, -0.05) is 36.9 Å². The third kappa shape index (κ3) is 9.35. The first-order valence-corrected chi connectivity index (χ1v) is 5.76. The van der Waals surface area contributed by atoms with Gasteiger partial charge >= 0.3 is 11.9 Å². The van der Waals surface area contributed by atoms with Crippen LogP contribution in [0.1, 0.15) is 19.4 Å². The maximum Gasteiger partial charge on any atom is 0.333 e. The quantitative estimate of drug-likeness (QED) is 0.669. The van der Waals surface area contributed by atoms with E-state index >= 15 is 0 Å². The van der Waals surface area contributed by atoms with Crippen molar-refractivity contribution in [1.29, 1.82) is 0 Å². The molecule has 0 fully saturated rings. The third-order valence-electron chi connectivity index (χ3n) is 1.84. The van der Waals surface area contributed by atoms with Gasteiger partial charge in [-0.15, -0.1) is 0 Å². The molecule has 0 bridgehead atoms. The molecular weight excluding hydrogens is 244 g/mol. The monoisotopic (exact) mass is 262 g/mol. The summed E-state index contributed by atoms with van der Waals surface area (Å²) in [5.74, 6) is -1.23. The summed E-state index contributed by atoms with van der Waals surface area (Å²) in [7, 11) is 0. The van der Waals surface area contributed by atoms with Crippen molar-refractivity contribution in [2.45, 2.75) is 13.8 Å². The summed E-state index contributed by atoms with van der Waals surface area (Å²) < 4.78 is 4.56. The van der Waals surface area contributed by atoms with Crippen LogP contribution in [-0.4, -0.2) is 23.7 Å². The number of hydrogen-bond donors (Lipinski definition) is 1. The Bertz CT molecular complexity index is 446. The van der Waals surface area contributed by atoms with Gasteiger partial charge in [-0.3, -0.25) is 0 Å². The second-order valence-electron chi connectivity index (χ2n) is 3.58. The number of carboxylic acid groups (broad SMARTS) is 1. The van der Waals surface area contributed by atoms with E-state index < -0.39 is 5.97 Å². The molecule has 1 aromatic carbocycles. The minimum absolute atomic E-state index is 0.312. The van der Waals surface area contributed by atoms with Crippen LogP contribution in [0, 0.1) is 0 Å². The van der Waals surface area contributed by atoms with Crippen molar-refractivity contribution in [3.63, 3.8) is 0 Å². The molecule has 0 aromatic heterocycles. The Morgan fingerprint density at radius 1 is 1.32 bits per heavy atom. The maximum absolute atomic E-state index is 10.4. The van der Waals surface area contributed by atoms with Crippen LogP contribution in [0.5, 0.6) is 0 Å². The normalized spacial score (nSPS) is 9.37. The zero-order valence-electron chi connectivity index (χ0n) is 11.1. The van der Waals surface area contributed by atoms with E-state index in [9.17, 15) is 9.59 Å². The molecule has 0 saturated heterocycles. The second kappa shape index (κ2) is 9.65. The Labute approximate surface area is 113 Å². The highest BCUT2D eigenvalue weighted by atomic mass is 16.5. The Hall–Kier alpha value is -2.36. The molecule has 4 heteroatoms. The van der Waals surface area contributed by atoms with Crippen LogP contribution in [-0.2, 0) is 14.3 Å². The van der Waals surface area contributed by atoms with Gasteiger partial charge in [0, 0.05) is 11.6 Å². The summed E-state index contributed by atoms with van der Waals surface area (Å²) >= 11 is 0. The first kappa shape index (κ1) is 16.6.